The minimum absolute atomic E-state index is 0.633. The van der Waals surface area contributed by atoms with Gasteiger partial charge in [0.1, 0.15) is 0 Å². The second-order valence-electron chi connectivity index (χ2n) is 15.5. The van der Waals surface area contributed by atoms with Gasteiger partial charge in [0.25, 0.3) is 0 Å². The van der Waals surface area contributed by atoms with E-state index in [1.165, 1.54) is 54.0 Å². The van der Waals surface area contributed by atoms with Crippen LogP contribution in [0.1, 0.15) is 0 Å². The monoisotopic (exact) mass is 808 g/mol. The van der Waals surface area contributed by atoms with Crippen molar-refractivity contribution in [3.05, 3.63) is 218 Å². The van der Waals surface area contributed by atoms with E-state index in [2.05, 4.69) is 211 Å². The molecular formula is C57H36N4S. The Hall–Kier alpha value is -7.99. The summed E-state index contributed by atoms with van der Waals surface area (Å²) in [6.07, 6.45) is 0. The Bertz CT molecular complexity index is 3570. The van der Waals surface area contributed by atoms with Crippen molar-refractivity contribution in [3.8, 4) is 73.2 Å². The molecule has 0 atom stereocenters. The number of para-hydroxylation sites is 3. The summed E-state index contributed by atoms with van der Waals surface area (Å²) in [5.74, 6) is 1.91. The molecule has 0 unspecified atom stereocenters. The van der Waals surface area contributed by atoms with Crippen LogP contribution in [0.15, 0.2) is 218 Å². The number of benzene rings is 9. The Morgan fingerprint density at radius 2 is 0.806 bits per heavy atom. The van der Waals surface area contributed by atoms with Gasteiger partial charge in [0, 0.05) is 53.2 Å². The molecule has 0 spiro atoms. The number of hydrogen-bond donors (Lipinski definition) is 0. The van der Waals surface area contributed by atoms with Gasteiger partial charge in [-0.1, -0.05) is 182 Å². The highest BCUT2D eigenvalue weighted by atomic mass is 32.1. The van der Waals surface area contributed by atoms with E-state index in [1.807, 2.05) is 12.1 Å². The Labute approximate surface area is 362 Å². The van der Waals surface area contributed by atoms with Crippen LogP contribution in [-0.4, -0.2) is 19.5 Å². The largest absolute Gasteiger partial charge is 0.309 e. The average Bonchev–Trinajstić information content (AvgIpc) is 3.91. The fourth-order valence-corrected chi connectivity index (χ4v) is 10.2. The van der Waals surface area contributed by atoms with Gasteiger partial charge in [-0.2, -0.15) is 0 Å². The van der Waals surface area contributed by atoms with E-state index >= 15 is 0 Å². The van der Waals surface area contributed by atoms with Crippen LogP contribution in [0.3, 0.4) is 0 Å². The van der Waals surface area contributed by atoms with Crippen molar-refractivity contribution >= 4 is 53.3 Å². The van der Waals surface area contributed by atoms with Gasteiger partial charge < -0.3 is 4.57 Å². The van der Waals surface area contributed by atoms with Crippen LogP contribution in [0.4, 0.5) is 0 Å². The normalized spacial score (nSPS) is 11.5. The lowest BCUT2D eigenvalue weighted by Gasteiger charge is -2.15. The summed E-state index contributed by atoms with van der Waals surface area (Å²) in [4.78, 5) is 15.7. The van der Waals surface area contributed by atoms with Crippen molar-refractivity contribution in [2.24, 2.45) is 0 Å². The van der Waals surface area contributed by atoms with E-state index in [1.54, 1.807) is 11.3 Å². The molecule has 0 aliphatic carbocycles. The first kappa shape index (κ1) is 35.9. The molecule has 0 amide bonds. The number of rotatable bonds is 7. The van der Waals surface area contributed by atoms with Gasteiger partial charge in [0.05, 0.1) is 16.7 Å². The van der Waals surface area contributed by atoms with Gasteiger partial charge in [-0.05, 0) is 64.2 Å². The fraction of sp³-hybridized carbons (Fsp3) is 0. The number of hydrogen-bond acceptors (Lipinski definition) is 4. The molecule has 12 aromatic rings. The van der Waals surface area contributed by atoms with Crippen molar-refractivity contribution in [2.45, 2.75) is 0 Å². The van der Waals surface area contributed by atoms with Crippen LogP contribution >= 0.6 is 11.3 Å². The second-order valence-corrected chi connectivity index (χ2v) is 16.6. The molecule has 0 saturated carbocycles. The van der Waals surface area contributed by atoms with Crippen molar-refractivity contribution < 1.29 is 0 Å². The van der Waals surface area contributed by atoms with Gasteiger partial charge in [-0.25, -0.2) is 15.0 Å². The van der Waals surface area contributed by atoms with Crippen LogP contribution in [0.25, 0.3) is 115 Å². The summed E-state index contributed by atoms with van der Waals surface area (Å²) in [5, 5.41) is 4.90. The van der Waals surface area contributed by atoms with Gasteiger partial charge in [-0.15, -0.1) is 11.3 Å². The topological polar surface area (TPSA) is 43.6 Å². The number of nitrogens with zero attached hydrogens (tertiary/aromatic N) is 4. The molecule has 3 heterocycles. The second kappa shape index (κ2) is 14.9. The average molecular weight is 809 g/mol. The lowest BCUT2D eigenvalue weighted by Crippen LogP contribution is -2.00. The van der Waals surface area contributed by atoms with Gasteiger partial charge in [0.2, 0.25) is 0 Å². The number of fused-ring (bicyclic) bond motifs is 6. The highest BCUT2D eigenvalue weighted by Gasteiger charge is 2.21. The Kier molecular flexibility index (Phi) is 8.65. The zero-order valence-corrected chi connectivity index (χ0v) is 34.3. The molecule has 5 heteroatoms. The Morgan fingerprint density at radius 3 is 1.55 bits per heavy atom. The van der Waals surface area contributed by atoms with Crippen LogP contribution in [0, 0.1) is 0 Å². The Balaban J connectivity index is 1.04. The summed E-state index contributed by atoms with van der Waals surface area (Å²) in [6.45, 7) is 0. The molecular weight excluding hydrogens is 773 g/mol. The van der Waals surface area contributed by atoms with E-state index in [0.29, 0.717) is 17.5 Å². The van der Waals surface area contributed by atoms with Crippen LogP contribution in [-0.2, 0) is 0 Å². The van der Waals surface area contributed by atoms with Gasteiger partial charge in [-0.3, -0.25) is 0 Å². The molecule has 4 nitrogen and oxygen atoms in total. The quantitative estimate of drug-likeness (QED) is 0.161. The Morgan fingerprint density at radius 1 is 0.323 bits per heavy atom. The van der Waals surface area contributed by atoms with E-state index in [-0.39, 0.29) is 0 Å². The molecule has 0 saturated heterocycles. The molecule has 62 heavy (non-hydrogen) atoms. The highest BCUT2D eigenvalue weighted by molar-refractivity contribution is 7.26. The molecule has 0 N–H and O–H groups in total. The summed E-state index contributed by atoms with van der Waals surface area (Å²) in [5.41, 5.74) is 13.3. The first-order chi connectivity index (χ1) is 30.7. The standard InChI is InChI=1S/C57H36N4S/c1-3-16-37(17-4-1)39-32-34-40(35-33-39)55-58-56(42-21-13-20-41(36-42)38-18-5-2-6-19-38)60-57(59-55)48-27-14-26-47-53-46(25-15-31-52(53)62-54(47)48)45-24-9-12-30-51(45)61-49-28-10-7-22-43(49)44-23-8-11-29-50(44)61/h1-36H. The molecule has 0 bridgehead atoms. The molecule has 0 aliphatic heterocycles. The highest BCUT2D eigenvalue weighted by Crippen LogP contribution is 2.46. The summed E-state index contributed by atoms with van der Waals surface area (Å²) < 4.78 is 4.78. The summed E-state index contributed by atoms with van der Waals surface area (Å²) in [6, 6.07) is 77.4. The van der Waals surface area contributed by atoms with Crippen LogP contribution in [0.5, 0.6) is 0 Å². The molecule has 290 valence electrons. The number of aromatic nitrogens is 4. The molecule has 0 fully saturated rings. The summed E-state index contributed by atoms with van der Waals surface area (Å²) in [7, 11) is 0. The third kappa shape index (κ3) is 6.09. The van der Waals surface area contributed by atoms with Crippen LogP contribution < -0.4 is 0 Å². The van der Waals surface area contributed by atoms with E-state index < -0.39 is 0 Å². The van der Waals surface area contributed by atoms with Crippen LogP contribution in [0.2, 0.25) is 0 Å². The van der Waals surface area contributed by atoms with Gasteiger partial charge in [0.15, 0.2) is 17.5 Å². The zero-order chi connectivity index (χ0) is 41.0. The SMILES string of the molecule is c1ccc(-c2ccc(-c3nc(-c4cccc(-c5ccccc5)c4)nc(-c4cccc5c4sc4cccc(-c6ccccc6-n6c7ccccc7c7ccccc76)c45)n3)cc2)cc1. The maximum absolute atomic E-state index is 5.29. The van der Waals surface area contributed by atoms with E-state index in [4.69, 9.17) is 15.0 Å². The first-order valence-corrected chi connectivity index (χ1v) is 21.7. The van der Waals surface area contributed by atoms with Crippen molar-refractivity contribution in [2.75, 3.05) is 0 Å². The predicted octanol–water partition coefficient (Wildman–Crippen LogP) is 15.3. The smallest absolute Gasteiger partial charge is 0.165 e. The molecule has 0 radical (unpaired) electrons. The zero-order valence-electron chi connectivity index (χ0n) is 33.5. The van der Waals surface area contributed by atoms with Crippen molar-refractivity contribution in [3.63, 3.8) is 0 Å². The van der Waals surface area contributed by atoms with E-state index in [0.717, 1.165) is 43.8 Å². The molecule has 12 rings (SSSR count). The lowest BCUT2D eigenvalue weighted by atomic mass is 9.97. The summed E-state index contributed by atoms with van der Waals surface area (Å²) >= 11 is 1.80. The first-order valence-electron chi connectivity index (χ1n) is 20.9. The maximum atomic E-state index is 5.29. The van der Waals surface area contributed by atoms with Gasteiger partial charge >= 0.3 is 0 Å². The maximum Gasteiger partial charge on any atom is 0.165 e. The van der Waals surface area contributed by atoms with E-state index in [9.17, 15) is 0 Å². The minimum atomic E-state index is 0.633. The minimum Gasteiger partial charge on any atom is -0.309 e. The predicted molar refractivity (Wildman–Crippen MR) is 260 cm³/mol. The van der Waals surface area contributed by atoms with Crippen molar-refractivity contribution in [1.82, 2.24) is 19.5 Å². The molecule has 0 aliphatic rings. The third-order valence-electron chi connectivity index (χ3n) is 11.9. The lowest BCUT2D eigenvalue weighted by molar-refractivity contribution is 1.08. The molecule has 9 aromatic carbocycles. The fourth-order valence-electron chi connectivity index (χ4n) is 8.99. The third-order valence-corrected chi connectivity index (χ3v) is 13.1. The molecule has 3 aromatic heterocycles. The number of thiophene rings is 1. The van der Waals surface area contributed by atoms with Crippen molar-refractivity contribution in [1.29, 1.82) is 0 Å².